The molecule has 0 aromatic heterocycles. The van der Waals surface area contributed by atoms with Gasteiger partial charge in [-0.1, -0.05) is 6.92 Å². The van der Waals surface area contributed by atoms with Crippen molar-refractivity contribution in [2.24, 2.45) is 0 Å². The van der Waals surface area contributed by atoms with Gasteiger partial charge in [-0.25, -0.2) is 0 Å². The van der Waals surface area contributed by atoms with Crippen LogP contribution in [0.4, 0.5) is 5.69 Å². The Morgan fingerprint density at radius 1 is 1.35 bits per heavy atom. The molecule has 4 nitrogen and oxygen atoms in total. The quantitative estimate of drug-likeness (QED) is 0.614. The minimum absolute atomic E-state index is 0.151. The van der Waals surface area contributed by atoms with E-state index in [1.54, 1.807) is 0 Å². The lowest BCUT2D eigenvalue weighted by atomic mass is 9.79. The zero-order chi connectivity index (χ0) is 16.9. The Morgan fingerprint density at radius 3 is 2.65 bits per heavy atom. The monoisotopic (exact) mass is 329 g/mol. The summed E-state index contributed by atoms with van der Waals surface area (Å²) >= 11 is 4.99. The molecule has 2 heterocycles. The van der Waals surface area contributed by atoms with Crippen LogP contribution in [0.2, 0.25) is 0 Å². The summed E-state index contributed by atoms with van der Waals surface area (Å²) in [6, 6.07) is 4.44. The van der Waals surface area contributed by atoms with Gasteiger partial charge in [0.15, 0.2) is 5.11 Å². The number of hydrogen-bond donors (Lipinski definition) is 2. The number of anilines is 1. The fourth-order valence-electron chi connectivity index (χ4n) is 3.53. The van der Waals surface area contributed by atoms with Crippen molar-refractivity contribution < 1.29 is 4.79 Å². The van der Waals surface area contributed by atoms with Crippen molar-refractivity contribution in [3.63, 3.8) is 0 Å². The number of nitrogens with zero attached hydrogens (tertiary/aromatic N) is 1. The standard InChI is InChI=1S/C18H23N3OS/c1-10-6-15-13(11(2)9-18(3,4)21(15)5)7-12(10)8-14-16(22)20-17(23)19-14/h6-8,11H,9H2,1-5H3,(H2,19,20,22,23)/b14-8-. The molecule has 0 saturated carbocycles. The highest BCUT2D eigenvalue weighted by Crippen LogP contribution is 2.43. The number of rotatable bonds is 1. The third kappa shape index (κ3) is 2.74. The molecule has 0 bridgehead atoms. The van der Waals surface area contributed by atoms with Crippen LogP contribution in [0.15, 0.2) is 17.8 Å². The lowest BCUT2D eigenvalue weighted by Crippen LogP contribution is -2.45. The van der Waals surface area contributed by atoms with Gasteiger partial charge in [-0.05, 0) is 80.2 Å². The van der Waals surface area contributed by atoms with Crippen molar-refractivity contribution >= 4 is 35.0 Å². The molecule has 2 aliphatic rings. The summed E-state index contributed by atoms with van der Waals surface area (Å²) in [6.07, 6.45) is 3.00. The van der Waals surface area contributed by atoms with Crippen molar-refractivity contribution in [1.82, 2.24) is 10.6 Å². The van der Waals surface area contributed by atoms with Gasteiger partial charge in [-0.15, -0.1) is 0 Å². The van der Waals surface area contributed by atoms with Gasteiger partial charge < -0.3 is 10.2 Å². The second kappa shape index (κ2) is 5.34. The van der Waals surface area contributed by atoms with Crippen LogP contribution in [-0.2, 0) is 4.79 Å². The van der Waals surface area contributed by atoms with E-state index in [2.05, 4.69) is 62.4 Å². The largest absolute Gasteiger partial charge is 0.369 e. The minimum Gasteiger partial charge on any atom is -0.369 e. The zero-order valence-electron chi connectivity index (χ0n) is 14.3. The highest BCUT2D eigenvalue weighted by molar-refractivity contribution is 7.80. The van der Waals surface area contributed by atoms with Crippen molar-refractivity contribution in [1.29, 1.82) is 0 Å². The van der Waals surface area contributed by atoms with Crippen LogP contribution in [0, 0.1) is 6.92 Å². The van der Waals surface area contributed by atoms with Crippen LogP contribution in [0.25, 0.3) is 6.08 Å². The average Bonchev–Trinajstić information content (AvgIpc) is 2.76. The summed E-state index contributed by atoms with van der Waals surface area (Å²) in [5.41, 5.74) is 5.50. The van der Waals surface area contributed by atoms with E-state index in [-0.39, 0.29) is 11.4 Å². The molecule has 1 unspecified atom stereocenters. The third-order valence-electron chi connectivity index (χ3n) is 5.04. The minimum atomic E-state index is -0.168. The topological polar surface area (TPSA) is 44.4 Å². The van der Waals surface area contributed by atoms with Crippen molar-refractivity contribution in [2.45, 2.75) is 45.6 Å². The van der Waals surface area contributed by atoms with E-state index in [4.69, 9.17) is 12.2 Å². The van der Waals surface area contributed by atoms with Gasteiger partial charge in [0.2, 0.25) is 0 Å². The molecular weight excluding hydrogens is 306 g/mol. The van der Waals surface area contributed by atoms with Crippen LogP contribution < -0.4 is 15.5 Å². The predicted octanol–water partition coefficient (Wildman–Crippen LogP) is 3.06. The molecule has 23 heavy (non-hydrogen) atoms. The first-order chi connectivity index (χ1) is 10.7. The Labute approximate surface area is 142 Å². The zero-order valence-corrected chi connectivity index (χ0v) is 15.1. The highest BCUT2D eigenvalue weighted by atomic mass is 32.1. The molecule has 1 saturated heterocycles. The van der Waals surface area contributed by atoms with Gasteiger partial charge in [-0.2, -0.15) is 0 Å². The molecule has 3 rings (SSSR count). The second-order valence-electron chi connectivity index (χ2n) is 7.21. The molecule has 0 spiro atoms. The van der Waals surface area contributed by atoms with E-state index < -0.39 is 0 Å². The number of carbonyl (C=O) groups excluding carboxylic acids is 1. The molecule has 1 atom stereocenters. The molecule has 0 radical (unpaired) electrons. The van der Waals surface area contributed by atoms with Crippen LogP contribution in [0.5, 0.6) is 0 Å². The second-order valence-corrected chi connectivity index (χ2v) is 7.62. The lowest BCUT2D eigenvalue weighted by molar-refractivity contribution is -0.115. The summed E-state index contributed by atoms with van der Waals surface area (Å²) < 4.78 is 0. The average molecular weight is 329 g/mol. The van der Waals surface area contributed by atoms with E-state index in [0.717, 1.165) is 17.5 Å². The number of thiocarbonyl (C=S) groups is 1. The van der Waals surface area contributed by atoms with Crippen LogP contribution >= 0.6 is 12.2 Å². The summed E-state index contributed by atoms with van der Waals surface area (Å²) in [4.78, 5) is 14.2. The van der Waals surface area contributed by atoms with Gasteiger partial charge >= 0.3 is 0 Å². The number of benzene rings is 1. The summed E-state index contributed by atoms with van der Waals surface area (Å²) in [5, 5.41) is 5.88. The molecule has 1 fully saturated rings. The van der Waals surface area contributed by atoms with E-state index in [1.165, 1.54) is 11.3 Å². The van der Waals surface area contributed by atoms with E-state index in [0.29, 0.717) is 16.7 Å². The fourth-order valence-corrected chi connectivity index (χ4v) is 3.73. The highest BCUT2D eigenvalue weighted by Gasteiger charge is 2.34. The molecule has 5 heteroatoms. The van der Waals surface area contributed by atoms with Gasteiger partial charge in [0, 0.05) is 18.3 Å². The molecule has 2 N–H and O–H groups in total. The van der Waals surface area contributed by atoms with Crippen LogP contribution in [0.1, 0.15) is 49.8 Å². The molecule has 1 aromatic rings. The Kier molecular flexibility index (Phi) is 3.71. The van der Waals surface area contributed by atoms with Crippen LogP contribution in [0.3, 0.4) is 0 Å². The molecule has 2 aliphatic heterocycles. The van der Waals surface area contributed by atoms with E-state index in [9.17, 15) is 4.79 Å². The Balaban J connectivity index is 2.06. The molecular formula is C18H23N3OS. The van der Waals surface area contributed by atoms with Gasteiger partial charge in [0.05, 0.1) is 0 Å². The number of aryl methyl sites for hydroxylation is 1. The number of amides is 1. The predicted molar refractivity (Wildman–Crippen MR) is 98.5 cm³/mol. The number of nitrogens with one attached hydrogen (secondary N) is 2. The maximum atomic E-state index is 11.9. The molecule has 0 aliphatic carbocycles. The van der Waals surface area contributed by atoms with Gasteiger partial charge in [0.1, 0.15) is 5.70 Å². The Bertz CT molecular complexity index is 736. The molecule has 1 amide bonds. The van der Waals surface area contributed by atoms with Crippen LogP contribution in [-0.4, -0.2) is 23.6 Å². The van der Waals surface area contributed by atoms with E-state index in [1.807, 2.05) is 6.08 Å². The first-order valence-electron chi connectivity index (χ1n) is 7.91. The number of hydrogen-bond acceptors (Lipinski definition) is 3. The van der Waals surface area contributed by atoms with Gasteiger partial charge in [-0.3, -0.25) is 10.1 Å². The van der Waals surface area contributed by atoms with Crippen molar-refractivity contribution in [3.8, 4) is 0 Å². The van der Waals surface area contributed by atoms with Gasteiger partial charge in [0.25, 0.3) is 5.91 Å². The summed E-state index contributed by atoms with van der Waals surface area (Å²) in [7, 11) is 2.16. The molecule has 122 valence electrons. The summed E-state index contributed by atoms with van der Waals surface area (Å²) in [6.45, 7) is 8.92. The first-order valence-corrected chi connectivity index (χ1v) is 8.32. The number of fused-ring (bicyclic) bond motifs is 1. The van der Waals surface area contributed by atoms with E-state index >= 15 is 0 Å². The lowest BCUT2D eigenvalue weighted by Gasteiger charge is -2.45. The molecule has 1 aromatic carbocycles. The smallest absolute Gasteiger partial charge is 0.273 e. The SMILES string of the molecule is Cc1cc2c(cc1/C=C1\NC(=S)NC1=O)C(C)CC(C)(C)N2C. The third-order valence-corrected chi connectivity index (χ3v) is 5.25. The fraction of sp³-hybridized carbons (Fsp3) is 0.444. The maximum Gasteiger partial charge on any atom is 0.273 e. The Morgan fingerprint density at radius 2 is 2.04 bits per heavy atom. The summed E-state index contributed by atoms with van der Waals surface area (Å²) in [5.74, 6) is 0.318. The maximum absolute atomic E-state index is 11.9. The normalized spacial score (nSPS) is 24.5. The Hall–Kier alpha value is -1.88. The van der Waals surface area contributed by atoms with Crippen molar-refractivity contribution in [3.05, 3.63) is 34.5 Å². The first kappa shape index (κ1) is 16.0. The van der Waals surface area contributed by atoms with Crippen molar-refractivity contribution in [2.75, 3.05) is 11.9 Å². The number of carbonyl (C=O) groups is 1.